The molecule has 0 aliphatic rings. The number of carbonyl (C=O) groups excluding carboxylic acids is 1. The van der Waals surface area contributed by atoms with E-state index >= 15 is 0 Å². The fourth-order valence-corrected chi connectivity index (χ4v) is 1.70. The molecule has 0 aliphatic carbocycles. The lowest BCUT2D eigenvalue weighted by Crippen LogP contribution is -2.33. The molecule has 6 heteroatoms. The molecule has 0 aliphatic heterocycles. The maximum absolute atomic E-state index is 11.8. The van der Waals surface area contributed by atoms with E-state index in [1.165, 1.54) is 0 Å². The first-order chi connectivity index (χ1) is 8.00. The van der Waals surface area contributed by atoms with Crippen molar-refractivity contribution in [2.45, 2.75) is 25.8 Å². The summed E-state index contributed by atoms with van der Waals surface area (Å²) in [7, 11) is 0. The smallest absolute Gasteiger partial charge is 0.303 e. The van der Waals surface area contributed by atoms with Gasteiger partial charge in [-0.3, -0.25) is 9.59 Å². The summed E-state index contributed by atoms with van der Waals surface area (Å²) in [5.74, 6) is -1.13. The first-order valence-corrected chi connectivity index (χ1v) is 5.93. The number of nitrogens with one attached hydrogen (secondary N) is 1. The van der Waals surface area contributed by atoms with Gasteiger partial charge in [0.15, 0.2) is 0 Å². The third-order valence-corrected chi connectivity index (χ3v) is 2.80. The number of carboxylic acids is 1. The predicted octanol–water partition coefficient (Wildman–Crippen LogP) is 1.83. The van der Waals surface area contributed by atoms with Gasteiger partial charge in [0.05, 0.1) is 5.56 Å². The van der Waals surface area contributed by atoms with Crippen LogP contribution in [0.25, 0.3) is 0 Å². The van der Waals surface area contributed by atoms with E-state index in [0.29, 0.717) is 16.6 Å². The first kappa shape index (κ1) is 13.6. The van der Waals surface area contributed by atoms with Gasteiger partial charge in [0.25, 0.3) is 5.91 Å². The molecule has 1 heterocycles. The summed E-state index contributed by atoms with van der Waals surface area (Å²) in [5.41, 5.74) is 0.440. The Morgan fingerprint density at radius 3 is 2.88 bits per heavy atom. The number of rotatable bonds is 5. The Balaban J connectivity index is 2.55. The van der Waals surface area contributed by atoms with Crippen molar-refractivity contribution < 1.29 is 14.7 Å². The molecule has 5 nitrogen and oxygen atoms in total. The lowest BCUT2D eigenvalue weighted by molar-refractivity contribution is -0.137. The van der Waals surface area contributed by atoms with Gasteiger partial charge in [0.2, 0.25) is 0 Å². The molecule has 17 heavy (non-hydrogen) atoms. The van der Waals surface area contributed by atoms with E-state index in [4.69, 9.17) is 5.11 Å². The van der Waals surface area contributed by atoms with E-state index in [9.17, 15) is 9.59 Å². The van der Waals surface area contributed by atoms with Gasteiger partial charge in [-0.2, -0.15) is 0 Å². The summed E-state index contributed by atoms with van der Waals surface area (Å²) >= 11 is 3.18. The highest BCUT2D eigenvalue weighted by Crippen LogP contribution is 2.12. The number of pyridine rings is 1. The molecular formula is C11H13BrN2O3. The summed E-state index contributed by atoms with van der Waals surface area (Å²) in [6.07, 6.45) is 2.02. The predicted molar refractivity (Wildman–Crippen MR) is 65.7 cm³/mol. The van der Waals surface area contributed by atoms with Gasteiger partial charge >= 0.3 is 5.97 Å². The van der Waals surface area contributed by atoms with Crippen LogP contribution in [-0.2, 0) is 4.79 Å². The van der Waals surface area contributed by atoms with Crippen LogP contribution in [-0.4, -0.2) is 28.0 Å². The summed E-state index contributed by atoms with van der Waals surface area (Å²) in [5, 5.41) is 11.2. The number of aliphatic carboxylic acids is 1. The zero-order valence-electron chi connectivity index (χ0n) is 9.31. The SMILES string of the molecule is CC(CCC(=O)O)NC(=O)c1cccnc1Br. The Hall–Kier alpha value is -1.43. The second kappa shape index (κ2) is 6.34. The minimum Gasteiger partial charge on any atom is -0.481 e. The molecular weight excluding hydrogens is 288 g/mol. The van der Waals surface area contributed by atoms with E-state index in [1.807, 2.05) is 0 Å². The highest BCUT2D eigenvalue weighted by molar-refractivity contribution is 9.10. The minimum absolute atomic E-state index is 0.0374. The topological polar surface area (TPSA) is 79.3 Å². The molecule has 0 aromatic carbocycles. The van der Waals surface area contributed by atoms with Crippen molar-refractivity contribution in [2.24, 2.45) is 0 Å². The van der Waals surface area contributed by atoms with Crippen molar-refractivity contribution in [1.29, 1.82) is 0 Å². The minimum atomic E-state index is -0.867. The van der Waals surface area contributed by atoms with Crippen LogP contribution >= 0.6 is 15.9 Å². The number of carbonyl (C=O) groups is 2. The third kappa shape index (κ3) is 4.52. The molecule has 92 valence electrons. The van der Waals surface area contributed by atoms with Crippen LogP contribution in [0.5, 0.6) is 0 Å². The van der Waals surface area contributed by atoms with Crippen LogP contribution < -0.4 is 5.32 Å². The Morgan fingerprint density at radius 2 is 2.29 bits per heavy atom. The van der Waals surface area contributed by atoms with E-state index in [-0.39, 0.29) is 18.4 Å². The molecule has 1 rings (SSSR count). The number of aromatic nitrogens is 1. The lowest BCUT2D eigenvalue weighted by atomic mass is 10.1. The number of hydrogen-bond acceptors (Lipinski definition) is 3. The van der Waals surface area contributed by atoms with Crippen LogP contribution in [0.3, 0.4) is 0 Å². The summed E-state index contributed by atoms with van der Waals surface area (Å²) in [6, 6.07) is 3.13. The van der Waals surface area contributed by atoms with Gasteiger partial charge in [-0.05, 0) is 41.4 Å². The molecule has 1 atom stereocenters. The molecule has 0 spiro atoms. The van der Waals surface area contributed by atoms with E-state index in [1.54, 1.807) is 25.3 Å². The molecule has 1 amide bonds. The number of halogens is 1. The average molecular weight is 301 g/mol. The van der Waals surface area contributed by atoms with Crippen molar-refractivity contribution in [2.75, 3.05) is 0 Å². The van der Waals surface area contributed by atoms with Gasteiger partial charge in [-0.1, -0.05) is 0 Å². The lowest BCUT2D eigenvalue weighted by Gasteiger charge is -2.13. The molecule has 0 fully saturated rings. The quantitative estimate of drug-likeness (QED) is 0.813. The van der Waals surface area contributed by atoms with Gasteiger partial charge in [-0.15, -0.1) is 0 Å². The van der Waals surface area contributed by atoms with Crippen molar-refractivity contribution in [3.63, 3.8) is 0 Å². The van der Waals surface area contributed by atoms with Crippen LogP contribution in [0, 0.1) is 0 Å². The second-order valence-electron chi connectivity index (χ2n) is 3.65. The van der Waals surface area contributed by atoms with Crippen molar-refractivity contribution >= 4 is 27.8 Å². The molecule has 0 saturated heterocycles. The number of amides is 1. The molecule has 0 radical (unpaired) electrons. The fraction of sp³-hybridized carbons (Fsp3) is 0.364. The Morgan fingerprint density at radius 1 is 1.59 bits per heavy atom. The number of nitrogens with zero attached hydrogens (tertiary/aromatic N) is 1. The Kier molecular flexibility index (Phi) is 5.09. The molecule has 0 saturated carbocycles. The van der Waals surface area contributed by atoms with Gasteiger partial charge < -0.3 is 10.4 Å². The van der Waals surface area contributed by atoms with Gasteiger partial charge in [0, 0.05) is 18.7 Å². The summed E-state index contributed by atoms with van der Waals surface area (Å²) in [6.45, 7) is 1.77. The standard InChI is InChI=1S/C11H13BrN2O3/c1-7(4-5-9(15)16)14-11(17)8-3-2-6-13-10(8)12/h2-3,6-7H,4-5H2,1H3,(H,14,17)(H,15,16). The third-order valence-electron chi connectivity index (χ3n) is 2.17. The summed E-state index contributed by atoms with van der Waals surface area (Å²) in [4.78, 5) is 26.1. The summed E-state index contributed by atoms with van der Waals surface area (Å²) < 4.78 is 0.475. The van der Waals surface area contributed by atoms with Crippen LogP contribution in [0.4, 0.5) is 0 Å². The van der Waals surface area contributed by atoms with Crippen LogP contribution in [0.1, 0.15) is 30.1 Å². The van der Waals surface area contributed by atoms with Crippen LogP contribution in [0.15, 0.2) is 22.9 Å². The van der Waals surface area contributed by atoms with Gasteiger partial charge in [-0.25, -0.2) is 4.98 Å². The van der Waals surface area contributed by atoms with E-state index < -0.39 is 5.97 Å². The largest absolute Gasteiger partial charge is 0.481 e. The van der Waals surface area contributed by atoms with Crippen molar-refractivity contribution in [3.8, 4) is 0 Å². The molecule has 1 aromatic heterocycles. The van der Waals surface area contributed by atoms with Crippen molar-refractivity contribution in [3.05, 3.63) is 28.5 Å². The average Bonchev–Trinajstić information content (AvgIpc) is 2.26. The number of carboxylic acid groups (broad SMARTS) is 1. The second-order valence-corrected chi connectivity index (χ2v) is 4.40. The number of hydrogen-bond donors (Lipinski definition) is 2. The normalized spacial score (nSPS) is 11.9. The highest BCUT2D eigenvalue weighted by atomic mass is 79.9. The molecule has 1 aromatic rings. The zero-order chi connectivity index (χ0) is 12.8. The Labute approximate surface area is 107 Å². The fourth-order valence-electron chi connectivity index (χ4n) is 1.27. The van der Waals surface area contributed by atoms with Crippen LogP contribution in [0.2, 0.25) is 0 Å². The Bertz CT molecular complexity index is 423. The molecule has 2 N–H and O–H groups in total. The zero-order valence-corrected chi connectivity index (χ0v) is 10.9. The first-order valence-electron chi connectivity index (χ1n) is 5.14. The monoisotopic (exact) mass is 300 g/mol. The van der Waals surface area contributed by atoms with Gasteiger partial charge in [0.1, 0.15) is 4.60 Å². The van der Waals surface area contributed by atoms with E-state index in [2.05, 4.69) is 26.2 Å². The van der Waals surface area contributed by atoms with E-state index in [0.717, 1.165) is 0 Å². The maximum Gasteiger partial charge on any atom is 0.303 e. The highest BCUT2D eigenvalue weighted by Gasteiger charge is 2.13. The maximum atomic E-state index is 11.8. The molecule has 0 bridgehead atoms. The molecule has 1 unspecified atom stereocenters. The van der Waals surface area contributed by atoms with Crippen molar-refractivity contribution in [1.82, 2.24) is 10.3 Å².